The maximum atomic E-state index is 15.4. The summed E-state index contributed by atoms with van der Waals surface area (Å²) < 4.78 is 22.1. The maximum Gasteiger partial charge on any atom is 0.343 e. The topological polar surface area (TPSA) is 286 Å². The summed E-state index contributed by atoms with van der Waals surface area (Å²) >= 11 is 0. The van der Waals surface area contributed by atoms with Gasteiger partial charge in [-0.25, -0.2) is 14.2 Å². The number of pyridine rings is 2. The molecule has 22 heteroatoms. The van der Waals surface area contributed by atoms with Crippen molar-refractivity contribution in [2.45, 2.75) is 128 Å². The number of carboxylic acid groups (broad SMARTS) is 1. The summed E-state index contributed by atoms with van der Waals surface area (Å²) in [4.78, 5) is 134. The number of aryl methyl sites for hydroxylation is 1. The Hall–Kier alpha value is -6.78. The number of aliphatic hydroxyl groups is 1. The minimum Gasteiger partial charge on any atom is -0.481 e. The lowest BCUT2D eigenvalue weighted by molar-refractivity contribution is -0.172. The third kappa shape index (κ3) is 13.2. The molecule has 19 nitrogen and oxygen atoms in total. The van der Waals surface area contributed by atoms with E-state index >= 15 is 4.39 Å². The van der Waals surface area contributed by atoms with E-state index in [-0.39, 0.29) is 107 Å². The zero-order valence-electron chi connectivity index (χ0n) is 42.5. The summed E-state index contributed by atoms with van der Waals surface area (Å²) in [5.41, 5.74) is 2.18. The molecule has 76 heavy (non-hydrogen) atoms. The van der Waals surface area contributed by atoms with Crippen LogP contribution >= 0.6 is 21.6 Å². The second-order valence-electron chi connectivity index (χ2n) is 19.2. The Kier molecular flexibility index (Phi) is 19.0. The highest BCUT2D eigenvalue weighted by Crippen LogP contribution is 2.46. The molecule has 1 aliphatic carbocycles. The van der Waals surface area contributed by atoms with Crippen LogP contribution in [0.2, 0.25) is 0 Å². The SMILES string of the molecule is CC[C@@]1(O)C(=O)OCc2c1cc1n(c2=O)Cc2c-1nc1cc(F)c(C)c3c1c2[C@@H](NC(=O)CCCNC(=O)CCC(=O)[C@H](Cc1ccccc1)NC(=O)CCC(=O)CNC(=O)[C@H](CC(=O)O)CC(=O)CCSSC)CC3. The van der Waals surface area contributed by atoms with Crippen molar-refractivity contribution < 1.29 is 62.5 Å². The molecule has 3 aliphatic rings. The minimum absolute atomic E-state index is 0.0156. The van der Waals surface area contributed by atoms with Gasteiger partial charge in [-0.05, 0) is 73.6 Å². The molecule has 4 amide bonds. The summed E-state index contributed by atoms with van der Waals surface area (Å²) in [5.74, 6) is -6.62. The zero-order valence-corrected chi connectivity index (χ0v) is 44.1. The number of amides is 4. The van der Waals surface area contributed by atoms with E-state index in [9.17, 15) is 58.2 Å². The first-order valence-electron chi connectivity index (χ1n) is 25.3. The molecule has 0 radical (unpaired) electrons. The molecular formula is C54H61FN6O13S2. The Morgan fingerprint density at radius 2 is 1.66 bits per heavy atom. The molecule has 0 saturated carbocycles. The lowest BCUT2D eigenvalue weighted by Crippen LogP contribution is -2.44. The molecule has 4 aromatic rings. The lowest BCUT2D eigenvalue weighted by Gasteiger charge is -2.31. The summed E-state index contributed by atoms with van der Waals surface area (Å²) in [6, 6.07) is 10.2. The summed E-state index contributed by atoms with van der Waals surface area (Å²) in [5, 5.41) is 32.3. The molecule has 4 heterocycles. The number of ether oxygens (including phenoxy) is 1. The molecule has 6 N–H and O–H groups in total. The van der Waals surface area contributed by atoms with E-state index in [0.29, 0.717) is 57.6 Å². The zero-order chi connectivity index (χ0) is 54.8. The van der Waals surface area contributed by atoms with Gasteiger partial charge in [-0.1, -0.05) is 58.8 Å². The van der Waals surface area contributed by atoms with Gasteiger partial charge in [0.25, 0.3) is 5.56 Å². The van der Waals surface area contributed by atoms with Crippen molar-refractivity contribution in [1.29, 1.82) is 0 Å². The molecule has 7 rings (SSSR count). The fourth-order valence-electron chi connectivity index (χ4n) is 10.1. The number of carboxylic acids is 1. The molecule has 0 spiro atoms. The molecule has 0 bridgehead atoms. The number of hydrogen-bond acceptors (Lipinski definition) is 15. The van der Waals surface area contributed by atoms with Gasteiger partial charge in [0.2, 0.25) is 23.6 Å². The van der Waals surface area contributed by atoms with Gasteiger partial charge in [-0.15, -0.1) is 0 Å². The van der Waals surface area contributed by atoms with Gasteiger partial charge in [-0.2, -0.15) is 0 Å². The number of rotatable bonds is 27. The first kappa shape index (κ1) is 56.9. The Morgan fingerprint density at radius 3 is 2.38 bits per heavy atom. The summed E-state index contributed by atoms with van der Waals surface area (Å²) in [7, 11) is 2.94. The van der Waals surface area contributed by atoms with E-state index in [4.69, 9.17) is 9.72 Å². The second-order valence-corrected chi connectivity index (χ2v) is 21.9. The second kappa shape index (κ2) is 25.4. The van der Waals surface area contributed by atoms with E-state index in [0.717, 1.165) is 11.1 Å². The quantitative estimate of drug-likeness (QED) is 0.0239. The van der Waals surface area contributed by atoms with E-state index in [1.165, 1.54) is 32.2 Å². The van der Waals surface area contributed by atoms with Gasteiger partial charge in [0.05, 0.1) is 60.0 Å². The van der Waals surface area contributed by atoms with Crippen LogP contribution in [-0.2, 0) is 79.5 Å². The molecule has 2 aromatic heterocycles. The average molecular weight is 1090 g/mol. The number of esters is 1. The highest BCUT2D eigenvalue weighted by Gasteiger charge is 2.46. The van der Waals surface area contributed by atoms with Crippen molar-refractivity contribution in [1.82, 2.24) is 30.8 Å². The normalized spacial score (nSPS) is 16.8. The van der Waals surface area contributed by atoms with Gasteiger partial charge in [-0.3, -0.25) is 43.2 Å². The number of cyclic esters (lactones) is 1. The molecular weight excluding hydrogens is 1020 g/mol. The van der Waals surface area contributed by atoms with Crippen LogP contribution in [0.4, 0.5) is 4.39 Å². The van der Waals surface area contributed by atoms with Gasteiger partial charge in [0, 0.05) is 79.8 Å². The first-order chi connectivity index (χ1) is 36.3. The first-order valence-corrected chi connectivity index (χ1v) is 28.0. The number of hydrogen-bond donors (Lipinski definition) is 6. The Balaban J connectivity index is 0.911. The van der Waals surface area contributed by atoms with Gasteiger partial charge in [0.1, 0.15) is 18.2 Å². The largest absolute Gasteiger partial charge is 0.481 e. The molecule has 404 valence electrons. The van der Waals surface area contributed by atoms with Crippen molar-refractivity contribution >= 4 is 85.4 Å². The van der Waals surface area contributed by atoms with Crippen LogP contribution in [0.3, 0.4) is 0 Å². The average Bonchev–Trinajstić information content (AvgIpc) is 3.84. The number of aromatic nitrogens is 2. The predicted octanol–water partition coefficient (Wildman–Crippen LogP) is 4.52. The lowest BCUT2D eigenvalue weighted by atomic mass is 9.81. The molecule has 2 aliphatic heterocycles. The Labute approximate surface area is 445 Å². The number of aliphatic carboxylic acids is 1. The van der Waals surface area contributed by atoms with Crippen molar-refractivity contribution in [3.8, 4) is 11.4 Å². The third-order valence-electron chi connectivity index (χ3n) is 14.2. The van der Waals surface area contributed by atoms with Crippen LogP contribution < -0.4 is 26.8 Å². The molecule has 0 fully saturated rings. The van der Waals surface area contributed by atoms with Crippen LogP contribution in [0.5, 0.6) is 0 Å². The monoisotopic (exact) mass is 1080 g/mol. The molecule has 2 aromatic carbocycles. The molecule has 0 unspecified atom stereocenters. The van der Waals surface area contributed by atoms with E-state index in [1.807, 2.05) is 6.26 Å². The summed E-state index contributed by atoms with van der Waals surface area (Å²) in [6.45, 7) is 2.69. The fourth-order valence-corrected chi connectivity index (χ4v) is 11.3. The number of fused-ring (bicyclic) bond motifs is 5. The van der Waals surface area contributed by atoms with Gasteiger partial charge >= 0.3 is 11.9 Å². The van der Waals surface area contributed by atoms with Gasteiger partial charge < -0.3 is 40.8 Å². The highest BCUT2D eigenvalue weighted by atomic mass is 33.1. The number of nitrogens with zero attached hydrogens (tertiary/aromatic N) is 2. The van der Waals surface area contributed by atoms with E-state index in [2.05, 4.69) is 21.3 Å². The summed E-state index contributed by atoms with van der Waals surface area (Å²) in [6.07, 6.45) is 1.27. The van der Waals surface area contributed by atoms with Crippen LogP contribution in [0.1, 0.15) is 123 Å². The predicted molar refractivity (Wildman–Crippen MR) is 280 cm³/mol. The molecule has 4 atom stereocenters. The number of Topliss-reactive ketones (excluding diaryl/α,β-unsaturated/α-hetero) is 3. The maximum absolute atomic E-state index is 15.4. The molecule has 0 saturated heterocycles. The Bertz CT molecular complexity index is 3040. The number of benzene rings is 2. The van der Waals surface area contributed by atoms with Crippen LogP contribution in [0.25, 0.3) is 22.3 Å². The fraction of sp³-hybridized carbons (Fsp3) is 0.463. The number of ketones is 3. The van der Waals surface area contributed by atoms with Crippen molar-refractivity contribution in [3.63, 3.8) is 0 Å². The minimum atomic E-state index is -2.04. The number of carbonyl (C=O) groups excluding carboxylic acids is 8. The third-order valence-corrected chi connectivity index (χ3v) is 16.0. The standard InChI is InChI=1S/C54H61FN6O13S2/c1-4-54(73)37-24-42-50-35(27-61(42)52(71)36(37)28-74-53(54)72)49-39(14-13-34-29(2)38(55)25-41(60-50)48(34)49)58-45(66)11-8-19-56-44(65)17-15-43(64)40(21-30-9-6-5-7-10-30)59-46(67)16-12-33(63)26-57-51(70)31(23-47(68)69)22-32(62)18-20-76-75-3/h5-7,9-10,24-25,31,39-40,73H,4,8,11-23,26-28H2,1-3H3,(H,56,65)(H,57,70)(H,58,66)(H,59,67)(H,68,69)/t31-,39-,40-,54-/m0/s1. The van der Waals surface area contributed by atoms with Crippen LogP contribution in [0, 0.1) is 18.7 Å². The highest BCUT2D eigenvalue weighted by molar-refractivity contribution is 8.76. The van der Waals surface area contributed by atoms with E-state index in [1.54, 1.807) is 50.2 Å². The van der Waals surface area contributed by atoms with Crippen molar-refractivity contribution in [2.75, 3.05) is 25.1 Å². The van der Waals surface area contributed by atoms with E-state index < -0.39 is 89.2 Å². The van der Waals surface area contributed by atoms with Crippen LogP contribution in [-0.4, -0.2) is 104 Å². The smallest absolute Gasteiger partial charge is 0.343 e. The van der Waals surface area contributed by atoms with Crippen molar-refractivity contribution in [2.24, 2.45) is 5.92 Å². The van der Waals surface area contributed by atoms with Crippen molar-refractivity contribution in [3.05, 3.63) is 97.6 Å². The number of halogens is 1. The van der Waals surface area contributed by atoms with Crippen LogP contribution in [0.15, 0.2) is 47.3 Å². The number of carbonyl (C=O) groups is 9. The number of nitrogens with one attached hydrogen (secondary N) is 4. The van der Waals surface area contributed by atoms with Gasteiger partial charge in [0.15, 0.2) is 17.2 Å². The Morgan fingerprint density at radius 1 is 0.908 bits per heavy atom.